The van der Waals surface area contributed by atoms with Crippen molar-refractivity contribution in [2.24, 2.45) is 5.41 Å². The topological polar surface area (TPSA) is 71.5 Å². The predicted octanol–water partition coefficient (Wildman–Crippen LogP) is 4.88. The summed E-state index contributed by atoms with van der Waals surface area (Å²) in [5.41, 5.74) is 1.41. The first-order valence-corrected chi connectivity index (χ1v) is 9.88. The van der Waals surface area contributed by atoms with Gasteiger partial charge in [-0.05, 0) is 55.0 Å². The molecule has 158 valence electrons. The second kappa shape index (κ2) is 6.66. The number of benzene rings is 1. The highest BCUT2D eigenvalue weighted by Crippen LogP contribution is 2.49. The number of carbonyl (C=O) groups excluding carboxylic acids is 1. The number of carbonyl (C=O) groups is 1. The molecule has 0 radical (unpaired) electrons. The van der Waals surface area contributed by atoms with Crippen LogP contribution in [0.3, 0.4) is 0 Å². The normalized spacial score (nSPS) is 23.9. The molecule has 0 bridgehead atoms. The van der Waals surface area contributed by atoms with Crippen molar-refractivity contribution in [3.05, 3.63) is 46.9 Å². The van der Waals surface area contributed by atoms with Crippen LogP contribution in [0.1, 0.15) is 35.6 Å². The zero-order valence-corrected chi connectivity index (χ0v) is 16.4. The van der Waals surface area contributed by atoms with Gasteiger partial charge in [0.05, 0.1) is 0 Å². The molecule has 30 heavy (non-hydrogen) atoms. The maximum Gasteiger partial charge on any atom is 0.449 e. The lowest BCUT2D eigenvalue weighted by atomic mass is 9.65. The number of furan rings is 1. The number of hydrogen-bond acceptors (Lipinski definition) is 5. The lowest BCUT2D eigenvalue weighted by molar-refractivity contribution is -0.153. The van der Waals surface area contributed by atoms with E-state index in [1.54, 1.807) is 18.2 Å². The average Bonchev–Trinajstić information content (AvgIpc) is 3.37. The lowest BCUT2D eigenvalue weighted by Gasteiger charge is -2.45. The molecule has 1 amide bonds. The molecule has 6 nitrogen and oxygen atoms in total. The van der Waals surface area contributed by atoms with E-state index in [0.29, 0.717) is 22.1 Å². The fourth-order valence-corrected chi connectivity index (χ4v) is 4.58. The molecule has 3 aromatic rings. The van der Waals surface area contributed by atoms with Crippen LogP contribution in [0, 0.1) is 5.41 Å². The summed E-state index contributed by atoms with van der Waals surface area (Å²) in [6.45, 7) is 1.53. The van der Waals surface area contributed by atoms with Crippen molar-refractivity contribution < 1.29 is 26.8 Å². The number of hydrogen-bond donors (Lipinski definition) is 1. The SMILES string of the molecule is O=C(NC1CC2(CCN(c3nc4cc(Cl)ccc4o3)C2)C1)c1ccc(C(F)(F)F)o1. The average molecular weight is 440 g/mol. The van der Waals surface area contributed by atoms with E-state index in [1.165, 1.54) is 0 Å². The van der Waals surface area contributed by atoms with Gasteiger partial charge < -0.3 is 19.1 Å². The Morgan fingerprint density at radius 3 is 2.77 bits per heavy atom. The first kappa shape index (κ1) is 19.3. The van der Waals surface area contributed by atoms with Gasteiger partial charge in [0.2, 0.25) is 5.76 Å². The Balaban J connectivity index is 1.19. The van der Waals surface area contributed by atoms with Gasteiger partial charge in [-0.25, -0.2) is 0 Å². The number of alkyl halides is 3. The molecule has 1 N–H and O–H groups in total. The van der Waals surface area contributed by atoms with Crippen molar-refractivity contribution in [2.75, 3.05) is 18.0 Å². The standard InChI is InChI=1S/C20H17ClF3N3O3/c21-11-1-2-14-13(7-11)26-18(30-14)27-6-5-19(10-27)8-12(9-19)25-17(28)15-3-4-16(29-15)20(22,23)24/h1-4,7,12H,5-6,8-10H2,(H,25,28). The Morgan fingerprint density at radius 2 is 2.03 bits per heavy atom. The maximum absolute atomic E-state index is 12.6. The molecule has 10 heteroatoms. The summed E-state index contributed by atoms with van der Waals surface area (Å²) < 4.78 is 48.3. The quantitative estimate of drug-likeness (QED) is 0.629. The van der Waals surface area contributed by atoms with Gasteiger partial charge in [-0.2, -0.15) is 18.2 Å². The minimum Gasteiger partial charge on any atom is -0.446 e. The number of halogens is 4. The van der Waals surface area contributed by atoms with Crippen molar-refractivity contribution in [2.45, 2.75) is 31.5 Å². The highest BCUT2D eigenvalue weighted by atomic mass is 35.5. The van der Waals surface area contributed by atoms with Crippen molar-refractivity contribution in [3.8, 4) is 0 Å². The zero-order chi connectivity index (χ0) is 21.1. The van der Waals surface area contributed by atoms with Crippen LogP contribution in [-0.4, -0.2) is 30.0 Å². The monoisotopic (exact) mass is 439 g/mol. The molecule has 2 aromatic heterocycles. The Bertz CT molecular complexity index is 1120. The number of anilines is 1. The molecule has 5 rings (SSSR count). The minimum atomic E-state index is -4.61. The summed E-state index contributed by atoms with van der Waals surface area (Å²) in [6.07, 6.45) is -2.19. The van der Waals surface area contributed by atoms with E-state index in [2.05, 4.69) is 19.6 Å². The molecule has 0 atom stereocenters. The van der Waals surface area contributed by atoms with Crippen molar-refractivity contribution in [1.82, 2.24) is 10.3 Å². The van der Waals surface area contributed by atoms with E-state index >= 15 is 0 Å². The van der Waals surface area contributed by atoms with Gasteiger partial charge in [0.1, 0.15) is 5.52 Å². The van der Waals surface area contributed by atoms with E-state index in [9.17, 15) is 18.0 Å². The second-order valence-corrected chi connectivity index (χ2v) is 8.46. The largest absolute Gasteiger partial charge is 0.449 e. The van der Waals surface area contributed by atoms with E-state index < -0.39 is 17.8 Å². The summed E-state index contributed by atoms with van der Waals surface area (Å²) in [5.74, 6) is -2.14. The molecule has 2 aliphatic rings. The Labute approximate surface area is 174 Å². The van der Waals surface area contributed by atoms with Crippen LogP contribution in [0.2, 0.25) is 5.02 Å². The van der Waals surface area contributed by atoms with E-state index in [1.807, 2.05) is 0 Å². The minimum absolute atomic E-state index is 0.0382. The third-order valence-corrected chi connectivity index (χ3v) is 6.09. The van der Waals surface area contributed by atoms with Crippen LogP contribution in [0.15, 0.2) is 39.2 Å². The number of aromatic nitrogens is 1. The van der Waals surface area contributed by atoms with Crippen LogP contribution in [0.5, 0.6) is 0 Å². The Morgan fingerprint density at radius 1 is 1.23 bits per heavy atom. The van der Waals surface area contributed by atoms with E-state index in [0.717, 1.165) is 44.5 Å². The first-order chi connectivity index (χ1) is 14.2. The van der Waals surface area contributed by atoms with Gasteiger partial charge in [-0.15, -0.1) is 0 Å². The summed E-state index contributed by atoms with van der Waals surface area (Å²) in [4.78, 5) is 18.8. The van der Waals surface area contributed by atoms with Crippen molar-refractivity contribution in [1.29, 1.82) is 0 Å². The second-order valence-electron chi connectivity index (χ2n) is 8.02. The maximum atomic E-state index is 12.6. The molecule has 1 spiro atoms. The van der Waals surface area contributed by atoms with Crippen LogP contribution >= 0.6 is 11.6 Å². The molecule has 0 unspecified atom stereocenters. The van der Waals surface area contributed by atoms with Crippen molar-refractivity contribution >= 4 is 34.6 Å². The Kier molecular flexibility index (Phi) is 4.29. The molecule has 1 aromatic carbocycles. The summed E-state index contributed by atoms with van der Waals surface area (Å²) in [5, 5.41) is 3.35. The molecule has 1 saturated carbocycles. The van der Waals surface area contributed by atoms with Gasteiger partial charge in [0, 0.05) is 24.2 Å². The number of rotatable bonds is 3. The van der Waals surface area contributed by atoms with Crippen LogP contribution in [0.4, 0.5) is 19.2 Å². The van der Waals surface area contributed by atoms with Gasteiger partial charge in [-0.1, -0.05) is 11.6 Å². The van der Waals surface area contributed by atoms with Gasteiger partial charge >= 0.3 is 6.18 Å². The first-order valence-electron chi connectivity index (χ1n) is 9.50. The van der Waals surface area contributed by atoms with Crippen LogP contribution in [0.25, 0.3) is 11.1 Å². The zero-order valence-electron chi connectivity index (χ0n) is 15.6. The number of amides is 1. The van der Waals surface area contributed by atoms with Gasteiger partial charge in [0.25, 0.3) is 11.9 Å². The highest BCUT2D eigenvalue weighted by molar-refractivity contribution is 6.31. The van der Waals surface area contributed by atoms with E-state index in [4.69, 9.17) is 16.0 Å². The molecule has 1 saturated heterocycles. The molecule has 1 aliphatic carbocycles. The van der Waals surface area contributed by atoms with Gasteiger partial charge in [-0.3, -0.25) is 4.79 Å². The summed E-state index contributed by atoms with van der Waals surface area (Å²) >= 11 is 6.00. The smallest absolute Gasteiger partial charge is 0.446 e. The molecule has 2 fully saturated rings. The highest BCUT2D eigenvalue weighted by Gasteiger charge is 2.50. The summed E-state index contributed by atoms with van der Waals surface area (Å²) in [7, 11) is 0. The fourth-order valence-electron chi connectivity index (χ4n) is 4.41. The summed E-state index contributed by atoms with van der Waals surface area (Å²) in [6, 6.07) is 7.55. The number of nitrogens with one attached hydrogen (secondary N) is 1. The number of fused-ring (bicyclic) bond motifs is 1. The number of oxazole rings is 1. The lowest BCUT2D eigenvalue weighted by Crippen LogP contribution is -2.51. The fraction of sp³-hybridized carbons (Fsp3) is 0.400. The van der Waals surface area contributed by atoms with Crippen molar-refractivity contribution in [3.63, 3.8) is 0 Å². The third-order valence-electron chi connectivity index (χ3n) is 5.85. The molecular formula is C20H17ClF3N3O3. The molecule has 3 heterocycles. The molecule has 1 aliphatic heterocycles. The van der Waals surface area contributed by atoms with E-state index in [-0.39, 0.29) is 17.2 Å². The third kappa shape index (κ3) is 3.40. The van der Waals surface area contributed by atoms with Gasteiger partial charge in [0.15, 0.2) is 11.3 Å². The Hall–Kier alpha value is -2.68. The van der Waals surface area contributed by atoms with Crippen LogP contribution in [-0.2, 0) is 6.18 Å². The van der Waals surface area contributed by atoms with Crippen LogP contribution < -0.4 is 10.2 Å². The molecular weight excluding hydrogens is 423 g/mol. The predicted molar refractivity (Wildman–Crippen MR) is 102 cm³/mol. The number of nitrogens with zero attached hydrogens (tertiary/aromatic N) is 2.